The molecule has 2 N–H and O–H groups in total. The summed E-state index contributed by atoms with van der Waals surface area (Å²) in [5, 5.41) is 17.0. The first kappa shape index (κ1) is 68.5. The summed E-state index contributed by atoms with van der Waals surface area (Å²) in [5.74, 6) is -0.812. The normalized spacial score (nSPS) is 20.5. The highest BCUT2D eigenvalue weighted by atomic mass is 31.2. The number of aliphatic hydroxyl groups is 1. The topological polar surface area (TPSA) is 165 Å². The number of carbonyl (C=O) groups excluding carboxylic acids is 3. The van der Waals surface area contributed by atoms with Crippen LogP contribution in [0.1, 0.15) is 204 Å². The maximum atomic E-state index is 14.3. The minimum absolute atomic E-state index is 0.0528. The van der Waals surface area contributed by atoms with Crippen molar-refractivity contribution in [3.8, 4) is 5.75 Å². The van der Waals surface area contributed by atoms with Crippen LogP contribution in [0.15, 0.2) is 66.7 Å². The second-order valence-electron chi connectivity index (χ2n) is 28.2. The molecule has 16 heteroatoms. The lowest BCUT2D eigenvalue weighted by atomic mass is 9.58. The Hall–Kier alpha value is -4.60. The maximum absolute atomic E-state index is 14.3. The number of benzene rings is 3. The maximum Gasteiger partial charge on any atom is 0.340 e. The Kier molecular flexibility index (Phi) is 21.9. The minimum Gasteiger partial charge on any atom is -0.483 e. The number of aryl methyl sites for hydroxylation is 1. The van der Waals surface area contributed by atoms with Crippen molar-refractivity contribution in [2.75, 3.05) is 31.1 Å². The van der Waals surface area contributed by atoms with Gasteiger partial charge in [0.15, 0.2) is 18.5 Å². The Bertz CT molecular complexity index is 2880. The van der Waals surface area contributed by atoms with Gasteiger partial charge in [-0.15, -0.1) is 0 Å². The Balaban J connectivity index is 1.30. The zero-order valence-electron chi connectivity index (χ0n) is 55.0. The van der Waals surface area contributed by atoms with Crippen LogP contribution in [0.2, 0.25) is 0 Å². The van der Waals surface area contributed by atoms with Crippen molar-refractivity contribution in [1.82, 2.24) is 9.88 Å². The molecule has 7 atom stereocenters. The van der Waals surface area contributed by atoms with Crippen molar-refractivity contribution in [1.29, 1.82) is 0 Å². The molecule has 15 nitrogen and oxygen atoms in total. The molecule has 0 saturated carbocycles. The van der Waals surface area contributed by atoms with Crippen LogP contribution in [0.3, 0.4) is 0 Å². The number of ether oxygens (including phenoxy) is 5. The molecule has 1 fully saturated rings. The van der Waals surface area contributed by atoms with Crippen molar-refractivity contribution < 1.29 is 56.7 Å². The lowest BCUT2D eigenvalue weighted by Crippen LogP contribution is -2.56. The number of hydrogen-bond acceptors (Lipinski definition) is 13. The average Bonchev–Trinajstić information content (AvgIpc) is 1.57. The molecule has 2 aliphatic heterocycles. The number of rotatable bonds is 27. The number of esters is 2. The van der Waals surface area contributed by atoms with Crippen LogP contribution in [0.5, 0.6) is 5.75 Å². The molecule has 0 radical (unpaired) electrons. The Labute approximate surface area is 504 Å². The molecule has 4 aromatic rings. The SMILES string of the molecule is CCN(CC)c1ccc(C2(c3c(C)n(CC)c4ccccc34)OC(=O)c3ccccc32)c(OCC(=O)NCC2OC(CC(C)(C)C(C)(C)C(CC(C)(O)C(C)(C)C(CC(C)(C)C)OC(C)=O)OP(OC(C)C)OC(C)C)CC(C(C)(C)C)O2)c1. The monoisotopic (exact) mass is 1190 g/mol. The van der Waals surface area contributed by atoms with Crippen LogP contribution in [0.4, 0.5) is 5.69 Å². The molecule has 2 aliphatic rings. The zero-order valence-corrected chi connectivity index (χ0v) is 55.9. The van der Waals surface area contributed by atoms with E-state index in [9.17, 15) is 19.5 Å². The van der Waals surface area contributed by atoms with E-state index in [2.05, 4.69) is 124 Å². The van der Waals surface area contributed by atoms with Gasteiger partial charge in [-0.05, 0) is 121 Å². The lowest BCUT2D eigenvalue weighted by Gasteiger charge is -2.53. The number of carbonyl (C=O) groups is 3. The first-order valence-electron chi connectivity index (χ1n) is 30.7. The van der Waals surface area contributed by atoms with Gasteiger partial charge in [-0.1, -0.05) is 119 Å². The summed E-state index contributed by atoms with van der Waals surface area (Å²) < 4.78 is 55.2. The van der Waals surface area contributed by atoms with E-state index in [0.717, 1.165) is 40.9 Å². The van der Waals surface area contributed by atoms with Gasteiger partial charge in [-0.3, -0.25) is 9.59 Å². The average molecular weight is 1190 g/mol. The number of para-hydroxylation sites is 1. The molecule has 468 valence electrons. The van der Waals surface area contributed by atoms with E-state index in [1.165, 1.54) is 6.92 Å². The predicted molar refractivity (Wildman–Crippen MR) is 335 cm³/mol. The van der Waals surface area contributed by atoms with Crippen LogP contribution in [0.25, 0.3) is 10.9 Å². The van der Waals surface area contributed by atoms with Gasteiger partial charge in [0, 0.05) is 89.9 Å². The molecular weight excluding hydrogens is 1080 g/mol. The lowest BCUT2D eigenvalue weighted by molar-refractivity contribution is -0.266. The van der Waals surface area contributed by atoms with Crippen molar-refractivity contribution in [3.05, 3.63) is 94.7 Å². The summed E-state index contributed by atoms with van der Waals surface area (Å²) in [5.41, 5.74) is 0.0417. The van der Waals surface area contributed by atoms with E-state index in [4.69, 9.17) is 37.3 Å². The first-order valence-corrected chi connectivity index (χ1v) is 31.7. The standard InChI is InChI=1S/C68H104N3O12P/c1-23-70(24-2)47-34-35-52(68(51-32-28-26-30-49(51)61(74)80-68)60-45(8)71(25-3)53-33-29-27-31-50(53)60)54(36-47)76-42-58(73)69-41-59-78-48(37-55(79-59)63(13,14)15)38-64(16,17)65(18,19)57(83-84(81-43(4)5)82-44(6)7)40-67(22,75)66(20,21)56(77-46(9)72)39-62(10,11)12/h26-36,43-44,48,55-57,59,75H,23-25,37-42H2,1-22H3,(H,69,73). The summed E-state index contributed by atoms with van der Waals surface area (Å²) in [6, 6.07) is 21.7. The van der Waals surface area contributed by atoms with E-state index >= 15 is 0 Å². The van der Waals surface area contributed by atoms with Gasteiger partial charge in [-0.25, -0.2) is 4.79 Å². The van der Waals surface area contributed by atoms with Crippen molar-refractivity contribution in [2.45, 2.75) is 239 Å². The Morgan fingerprint density at radius 2 is 1.42 bits per heavy atom. The first-order chi connectivity index (χ1) is 38.9. The van der Waals surface area contributed by atoms with Crippen LogP contribution >= 0.6 is 8.60 Å². The van der Waals surface area contributed by atoms with Crippen LogP contribution in [-0.2, 0) is 54.3 Å². The molecular formula is C68H104N3O12P. The smallest absolute Gasteiger partial charge is 0.340 e. The van der Waals surface area contributed by atoms with Crippen molar-refractivity contribution >= 4 is 43.0 Å². The molecule has 7 unspecified atom stereocenters. The van der Waals surface area contributed by atoms with Gasteiger partial charge in [0.1, 0.15) is 11.9 Å². The fraction of sp³-hybridized carbons (Fsp3) is 0.662. The molecule has 0 aliphatic carbocycles. The van der Waals surface area contributed by atoms with E-state index in [0.29, 0.717) is 48.2 Å². The predicted octanol–water partition coefficient (Wildman–Crippen LogP) is 14.8. The van der Waals surface area contributed by atoms with Gasteiger partial charge in [-0.2, -0.15) is 0 Å². The highest BCUT2D eigenvalue weighted by Gasteiger charge is 2.56. The van der Waals surface area contributed by atoms with Crippen LogP contribution in [0, 0.1) is 34.0 Å². The largest absolute Gasteiger partial charge is 0.483 e. The molecule has 84 heavy (non-hydrogen) atoms. The quantitative estimate of drug-likeness (QED) is 0.0428. The van der Waals surface area contributed by atoms with Crippen molar-refractivity contribution in [3.63, 3.8) is 0 Å². The second-order valence-corrected chi connectivity index (χ2v) is 29.3. The van der Waals surface area contributed by atoms with E-state index in [1.54, 1.807) is 6.07 Å². The van der Waals surface area contributed by atoms with Gasteiger partial charge in [0.25, 0.3) is 5.91 Å². The van der Waals surface area contributed by atoms with Crippen LogP contribution in [-0.4, -0.2) is 102 Å². The Morgan fingerprint density at radius 3 is 2.00 bits per heavy atom. The summed E-state index contributed by atoms with van der Waals surface area (Å²) >= 11 is 0. The van der Waals surface area contributed by atoms with Crippen molar-refractivity contribution in [2.24, 2.45) is 27.1 Å². The zero-order chi connectivity index (χ0) is 62.7. The van der Waals surface area contributed by atoms with E-state index in [1.807, 2.05) is 97.0 Å². The highest BCUT2D eigenvalue weighted by molar-refractivity contribution is 7.41. The van der Waals surface area contributed by atoms with E-state index in [-0.39, 0.29) is 60.7 Å². The number of nitrogens with one attached hydrogen (secondary N) is 1. The number of amides is 1. The number of nitrogens with zero attached hydrogens (tertiary/aromatic N) is 2. The fourth-order valence-corrected chi connectivity index (χ4v) is 13.5. The van der Waals surface area contributed by atoms with Crippen LogP contribution < -0.4 is 15.0 Å². The summed E-state index contributed by atoms with van der Waals surface area (Å²) in [4.78, 5) is 43.4. The molecule has 6 rings (SSSR count). The number of hydrogen-bond donors (Lipinski definition) is 2. The van der Waals surface area contributed by atoms with E-state index < -0.39 is 66.5 Å². The molecule has 1 saturated heterocycles. The number of cyclic esters (lactones) is 1. The summed E-state index contributed by atoms with van der Waals surface area (Å²) in [7, 11) is -1.87. The number of fused-ring (bicyclic) bond motifs is 2. The third-order valence-corrected chi connectivity index (χ3v) is 19.7. The molecule has 0 bridgehead atoms. The van der Waals surface area contributed by atoms with Gasteiger partial charge in [0.2, 0.25) is 0 Å². The van der Waals surface area contributed by atoms with Gasteiger partial charge >= 0.3 is 20.5 Å². The third kappa shape index (κ3) is 15.2. The number of anilines is 1. The third-order valence-electron chi connectivity index (χ3n) is 18.0. The summed E-state index contributed by atoms with van der Waals surface area (Å²) in [6.07, 6.45) is -1.09. The number of aromatic nitrogens is 1. The van der Waals surface area contributed by atoms with Gasteiger partial charge in [0.05, 0.1) is 48.2 Å². The molecule has 3 heterocycles. The Morgan fingerprint density at radius 1 is 0.798 bits per heavy atom. The molecule has 1 amide bonds. The van der Waals surface area contributed by atoms with Gasteiger partial charge < -0.3 is 57.1 Å². The highest BCUT2D eigenvalue weighted by Crippen LogP contribution is 2.57. The molecule has 1 aromatic heterocycles. The minimum atomic E-state index is -1.87. The second kappa shape index (κ2) is 26.8. The molecule has 3 aromatic carbocycles. The molecule has 0 spiro atoms. The summed E-state index contributed by atoms with van der Waals surface area (Å²) in [6.45, 7) is 46.7. The fourth-order valence-electron chi connectivity index (χ4n) is 12.1.